The van der Waals surface area contributed by atoms with Crippen LogP contribution in [0.3, 0.4) is 0 Å². The highest BCUT2D eigenvalue weighted by Gasteiger charge is 2.56. The van der Waals surface area contributed by atoms with E-state index in [1.807, 2.05) is 41.8 Å². The molecule has 2 fully saturated rings. The number of thiophene rings is 1. The van der Waals surface area contributed by atoms with Gasteiger partial charge in [-0.3, -0.25) is 19.2 Å². The largest absolute Gasteiger partial charge is 0.481 e. The number of carbonyl (C=O) groups excluding carboxylic acids is 2. The van der Waals surface area contributed by atoms with Crippen molar-refractivity contribution in [2.45, 2.75) is 22.0 Å². The molecule has 2 unspecified atom stereocenters. The van der Waals surface area contributed by atoms with Crippen molar-refractivity contribution in [3.05, 3.63) is 73.5 Å². The first-order valence-electron chi connectivity index (χ1n) is 10.8. The first-order valence-corrected chi connectivity index (χ1v) is 15.2. The lowest BCUT2D eigenvalue weighted by atomic mass is 9.87. The van der Waals surface area contributed by atoms with E-state index in [9.17, 15) is 24.3 Å². The molecular weight excluding hydrogens is 604 g/mol. The van der Waals surface area contributed by atoms with Crippen LogP contribution in [0.5, 0.6) is 0 Å². The molecule has 3 atom stereocenters. The second-order valence-corrected chi connectivity index (χ2v) is 13.4. The van der Waals surface area contributed by atoms with E-state index in [0.29, 0.717) is 9.17 Å². The van der Waals surface area contributed by atoms with Crippen molar-refractivity contribution >= 4 is 89.3 Å². The van der Waals surface area contributed by atoms with Crippen LogP contribution in [0.4, 0.5) is 0 Å². The fourth-order valence-electron chi connectivity index (χ4n) is 4.08. The van der Waals surface area contributed by atoms with Crippen molar-refractivity contribution in [1.29, 1.82) is 0 Å². The lowest BCUT2D eigenvalue weighted by Gasteiger charge is -2.53. The number of carboxylic acids is 1. The molecule has 0 bridgehead atoms. The van der Waals surface area contributed by atoms with E-state index in [0.717, 1.165) is 14.5 Å². The predicted molar refractivity (Wildman–Crippen MR) is 149 cm³/mol. The van der Waals surface area contributed by atoms with Crippen LogP contribution in [-0.2, 0) is 20.8 Å². The van der Waals surface area contributed by atoms with E-state index in [-0.39, 0.29) is 41.3 Å². The third-order valence-corrected chi connectivity index (χ3v) is 12.1. The van der Waals surface area contributed by atoms with E-state index in [2.05, 4.69) is 21.2 Å². The Morgan fingerprint density at radius 1 is 1.25 bits per heavy atom. The Balaban J connectivity index is 1.25. The third-order valence-electron chi connectivity index (χ3n) is 6.03. The number of hydrogen-bond acceptors (Lipinski definition) is 8. The average Bonchev–Trinajstić information content (AvgIpc) is 3.34. The van der Waals surface area contributed by atoms with Crippen molar-refractivity contribution in [1.82, 2.24) is 10.2 Å². The minimum Gasteiger partial charge on any atom is -0.481 e. The highest BCUT2D eigenvalue weighted by Crippen LogP contribution is 2.44. The van der Waals surface area contributed by atoms with E-state index in [4.69, 9.17) is 0 Å². The molecule has 3 aromatic rings. The molecule has 1 aromatic carbocycles. The highest BCUT2D eigenvalue weighted by molar-refractivity contribution is 9.10. The molecule has 4 heterocycles. The Kier molecular flexibility index (Phi) is 7.32. The Morgan fingerprint density at radius 3 is 2.78 bits per heavy atom. The van der Waals surface area contributed by atoms with Crippen LogP contribution in [0.1, 0.15) is 5.56 Å². The molecule has 2 aliphatic heterocycles. The van der Waals surface area contributed by atoms with Gasteiger partial charge in [0.2, 0.25) is 17.2 Å². The van der Waals surface area contributed by atoms with Gasteiger partial charge in [-0.1, -0.05) is 48.2 Å². The number of thioether (sulfide) groups is 2. The Labute approximate surface area is 231 Å². The monoisotopic (exact) mass is 622 g/mol. The van der Waals surface area contributed by atoms with Gasteiger partial charge in [-0.2, -0.15) is 0 Å². The van der Waals surface area contributed by atoms with Crippen LogP contribution in [-0.4, -0.2) is 51.5 Å². The summed E-state index contributed by atoms with van der Waals surface area (Å²) in [5, 5.41) is 16.1. The van der Waals surface area contributed by atoms with Crippen molar-refractivity contribution in [2.24, 2.45) is 5.41 Å². The first kappa shape index (κ1) is 25.5. The number of carbonyl (C=O) groups is 3. The number of fused-ring (bicyclic) bond motifs is 2. The van der Waals surface area contributed by atoms with Crippen LogP contribution in [0.2, 0.25) is 0 Å². The quantitative estimate of drug-likeness (QED) is 0.297. The summed E-state index contributed by atoms with van der Waals surface area (Å²) in [5.74, 6) is -1.27. The van der Waals surface area contributed by atoms with E-state index >= 15 is 0 Å². The molecule has 186 valence electrons. The Morgan fingerprint density at radius 2 is 2.03 bits per heavy atom. The SMILES string of the molecule is O=C(Cc1ccccc1)NC1C(=O)N2CC(C=CSc3sc4ccsc4c(=O)c3Br)(C(=O)O)CS[C@H]12. The van der Waals surface area contributed by atoms with Gasteiger partial charge in [0.15, 0.2) is 0 Å². The van der Waals surface area contributed by atoms with Gasteiger partial charge in [-0.15, -0.1) is 34.4 Å². The topological polar surface area (TPSA) is 104 Å². The molecule has 12 heteroatoms. The van der Waals surface area contributed by atoms with Crippen molar-refractivity contribution in [3.63, 3.8) is 0 Å². The maximum atomic E-state index is 12.8. The molecular formula is C24H19BrN2O5S4. The van der Waals surface area contributed by atoms with Crippen LogP contribution in [0.15, 0.2) is 66.7 Å². The van der Waals surface area contributed by atoms with Crippen LogP contribution in [0, 0.1) is 5.41 Å². The molecule has 2 amide bonds. The van der Waals surface area contributed by atoms with Gasteiger partial charge < -0.3 is 15.3 Å². The molecule has 2 saturated heterocycles. The number of amides is 2. The number of rotatable bonds is 7. The average molecular weight is 624 g/mol. The van der Waals surface area contributed by atoms with Gasteiger partial charge in [-0.25, -0.2) is 0 Å². The molecule has 2 aromatic heterocycles. The number of aliphatic carboxylic acids is 1. The van der Waals surface area contributed by atoms with Gasteiger partial charge in [0.25, 0.3) is 0 Å². The molecule has 0 aliphatic carbocycles. The van der Waals surface area contributed by atoms with E-state index < -0.39 is 17.4 Å². The zero-order chi connectivity index (χ0) is 25.4. The number of carboxylic acid groups (broad SMARTS) is 1. The summed E-state index contributed by atoms with van der Waals surface area (Å²) in [6, 6.07) is 10.5. The number of nitrogens with zero attached hydrogens (tertiary/aromatic N) is 1. The fraction of sp³-hybridized carbons (Fsp3) is 0.250. The Bertz CT molecular complexity index is 1440. The fourth-order valence-corrected chi connectivity index (χ4v) is 9.52. The summed E-state index contributed by atoms with van der Waals surface area (Å²) in [5.41, 5.74) is -0.477. The maximum absolute atomic E-state index is 12.8. The van der Waals surface area contributed by atoms with Crippen molar-refractivity contribution in [2.75, 3.05) is 12.3 Å². The van der Waals surface area contributed by atoms with Crippen LogP contribution >= 0.6 is 62.1 Å². The number of halogens is 1. The minimum absolute atomic E-state index is 0.0297. The van der Waals surface area contributed by atoms with Gasteiger partial charge in [0.05, 0.1) is 24.5 Å². The molecule has 2 aliphatic rings. The Hall–Kier alpha value is -2.12. The third kappa shape index (κ3) is 4.76. The lowest BCUT2D eigenvalue weighted by molar-refractivity contribution is -0.156. The summed E-state index contributed by atoms with van der Waals surface area (Å²) in [6.45, 7) is 0.0297. The number of β-lactam (4-membered cyclic amide) rings is 1. The summed E-state index contributed by atoms with van der Waals surface area (Å²) in [4.78, 5) is 51.6. The zero-order valence-electron chi connectivity index (χ0n) is 18.5. The highest BCUT2D eigenvalue weighted by atomic mass is 79.9. The molecule has 2 N–H and O–H groups in total. The summed E-state index contributed by atoms with van der Waals surface area (Å²) in [7, 11) is 0. The van der Waals surface area contributed by atoms with Gasteiger partial charge in [0, 0.05) is 12.3 Å². The molecule has 0 radical (unpaired) electrons. The minimum atomic E-state index is -1.26. The number of benzene rings is 1. The van der Waals surface area contributed by atoms with Crippen molar-refractivity contribution < 1.29 is 19.5 Å². The molecule has 5 rings (SSSR count). The van der Waals surface area contributed by atoms with Gasteiger partial charge in [-0.05, 0) is 38.3 Å². The maximum Gasteiger partial charge on any atom is 0.316 e. The summed E-state index contributed by atoms with van der Waals surface area (Å²) >= 11 is 8.88. The second-order valence-electron chi connectivity index (χ2n) is 8.40. The first-order chi connectivity index (χ1) is 17.3. The molecule has 7 nitrogen and oxygen atoms in total. The zero-order valence-corrected chi connectivity index (χ0v) is 23.4. The second kappa shape index (κ2) is 10.3. The lowest BCUT2D eigenvalue weighted by Crippen LogP contribution is -2.73. The van der Waals surface area contributed by atoms with E-state index in [1.54, 1.807) is 11.5 Å². The summed E-state index contributed by atoms with van der Waals surface area (Å²) < 4.78 is 2.79. The molecule has 36 heavy (non-hydrogen) atoms. The number of hydrogen-bond donors (Lipinski definition) is 2. The normalized spacial score (nSPS) is 23.5. The molecule has 0 saturated carbocycles. The summed E-state index contributed by atoms with van der Waals surface area (Å²) in [6.07, 6.45) is 1.79. The standard InChI is InChI=1S/C24H19BrN2O5S4/c25-16-18(29)19-14(6-8-33-19)36-22(16)34-9-7-24(23(31)32)11-27-20(30)17(21(27)35-12-24)26-15(28)10-13-4-2-1-3-5-13/h1-9,17,21H,10-12H2,(H,26,28)(H,31,32)/t17?,21-,24?/m1/s1. The van der Waals surface area contributed by atoms with Gasteiger partial charge >= 0.3 is 5.97 Å². The van der Waals surface area contributed by atoms with Crippen LogP contribution < -0.4 is 10.7 Å². The number of nitrogens with one attached hydrogen (secondary N) is 1. The van der Waals surface area contributed by atoms with Gasteiger partial charge in [0.1, 0.15) is 16.8 Å². The molecule has 0 spiro atoms. The van der Waals surface area contributed by atoms with Crippen molar-refractivity contribution in [3.8, 4) is 0 Å². The van der Waals surface area contributed by atoms with Crippen LogP contribution in [0.25, 0.3) is 9.40 Å². The smallest absolute Gasteiger partial charge is 0.316 e. The predicted octanol–water partition coefficient (Wildman–Crippen LogP) is 4.40. The van der Waals surface area contributed by atoms with E-state index in [1.165, 1.54) is 51.1 Å².